The monoisotopic (exact) mass is 344 g/mol. The molecule has 1 rings (SSSR count). The average molecular weight is 344 g/mol. The fraction of sp³-hybridized carbons (Fsp3) is 0.650. The van der Waals surface area contributed by atoms with Gasteiger partial charge in [0.05, 0.1) is 6.42 Å². The zero-order valence-corrected chi connectivity index (χ0v) is 14.7. The van der Waals surface area contributed by atoms with Crippen LogP contribution in [0.2, 0.25) is 0 Å². The number of phenolic OH excluding ortho intramolecular Hbond substituents is 1. The molecule has 132 valence electrons. The molecule has 0 heterocycles. The Morgan fingerprint density at radius 2 is 1.42 bits per heavy atom. The number of carbonyl (C=O) groups is 1. The SMILES string of the molecule is CCCCCCc1cc(CCCCCC)c(O)c(CC(=O)O)c1.[NaH]. The van der Waals surface area contributed by atoms with Gasteiger partial charge in [-0.25, -0.2) is 0 Å². The van der Waals surface area contributed by atoms with Crippen molar-refractivity contribution >= 4 is 35.5 Å². The van der Waals surface area contributed by atoms with Crippen molar-refractivity contribution in [1.82, 2.24) is 0 Å². The number of rotatable bonds is 12. The molecular weight excluding hydrogens is 311 g/mol. The first kappa shape index (κ1) is 23.5. The van der Waals surface area contributed by atoms with Crippen molar-refractivity contribution in [3.05, 3.63) is 28.8 Å². The van der Waals surface area contributed by atoms with E-state index in [0.717, 1.165) is 37.7 Å². The van der Waals surface area contributed by atoms with Crippen molar-refractivity contribution in [2.75, 3.05) is 0 Å². The second-order valence-electron chi connectivity index (χ2n) is 6.45. The van der Waals surface area contributed by atoms with E-state index in [9.17, 15) is 9.90 Å². The Morgan fingerprint density at radius 3 is 1.96 bits per heavy atom. The maximum atomic E-state index is 11.0. The van der Waals surface area contributed by atoms with Gasteiger partial charge in [-0.1, -0.05) is 64.5 Å². The third-order valence-corrected chi connectivity index (χ3v) is 4.29. The first-order valence-electron chi connectivity index (χ1n) is 9.13. The standard InChI is InChI=1S/C20H32O3.Na.H/c1-3-5-7-9-11-16-13-17(12-10-8-6-4-2)20(23)18(14-16)15-19(21)22;;/h13-14,23H,3-12,15H2,1-2H3,(H,21,22);;. The maximum absolute atomic E-state index is 11.0. The minimum atomic E-state index is -0.889. The molecule has 0 saturated carbocycles. The number of aromatic hydroxyl groups is 1. The van der Waals surface area contributed by atoms with Gasteiger partial charge in [-0.15, -0.1) is 0 Å². The Morgan fingerprint density at radius 1 is 0.875 bits per heavy atom. The van der Waals surface area contributed by atoms with Crippen LogP contribution in [0, 0.1) is 0 Å². The summed E-state index contributed by atoms with van der Waals surface area (Å²) in [5.74, 6) is -0.693. The van der Waals surface area contributed by atoms with Gasteiger partial charge in [0.2, 0.25) is 0 Å². The molecule has 3 nitrogen and oxygen atoms in total. The summed E-state index contributed by atoms with van der Waals surface area (Å²) in [4.78, 5) is 11.0. The molecular formula is C20H33NaO3. The minimum absolute atomic E-state index is 0. The van der Waals surface area contributed by atoms with E-state index in [1.165, 1.54) is 37.7 Å². The van der Waals surface area contributed by atoms with Gasteiger partial charge < -0.3 is 10.2 Å². The Bertz CT molecular complexity index is 486. The van der Waals surface area contributed by atoms with E-state index in [2.05, 4.69) is 19.9 Å². The molecule has 0 aliphatic carbocycles. The van der Waals surface area contributed by atoms with Gasteiger partial charge >= 0.3 is 35.5 Å². The van der Waals surface area contributed by atoms with Gasteiger partial charge in [-0.05, 0) is 36.8 Å². The third-order valence-electron chi connectivity index (χ3n) is 4.29. The molecule has 0 aromatic heterocycles. The van der Waals surface area contributed by atoms with Gasteiger partial charge in [0.25, 0.3) is 0 Å². The number of carboxylic acid groups (broad SMARTS) is 1. The first-order valence-corrected chi connectivity index (χ1v) is 9.13. The molecule has 0 unspecified atom stereocenters. The molecule has 0 atom stereocenters. The Balaban J connectivity index is 0.00000529. The van der Waals surface area contributed by atoms with Crippen LogP contribution in [0.25, 0.3) is 0 Å². The second kappa shape index (κ2) is 13.7. The van der Waals surface area contributed by atoms with Crippen LogP contribution in [-0.2, 0) is 24.1 Å². The summed E-state index contributed by atoms with van der Waals surface area (Å²) in [5.41, 5.74) is 2.65. The van der Waals surface area contributed by atoms with Crippen molar-refractivity contribution in [2.24, 2.45) is 0 Å². The number of carboxylic acids is 1. The third kappa shape index (κ3) is 9.10. The second-order valence-corrected chi connectivity index (χ2v) is 6.45. The van der Waals surface area contributed by atoms with E-state index in [1.54, 1.807) is 0 Å². The molecule has 1 aromatic rings. The van der Waals surface area contributed by atoms with Crippen molar-refractivity contribution in [2.45, 2.75) is 84.5 Å². The molecule has 1 aromatic carbocycles. The molecule has 4 heteroatoms. The van der Waals surface area contributed by atoms with Gasteiger partial charge in [0, 0.05) is 5.56 Å². The van der Waals surface area contributed by atoms with Crippen molar-refractivity contribution in [1.29, 1.82) is 0 Å². The molecule has 2 N–H and O–H groups in total. The predicted octanol–water partition coefficient (Wildman–Crippen LogP) is 4.62. The van der Waals surface area contributed by atoms with Crippen LogP contribution >= 0.6 is 0 Å². The van der Waals surface area contributed by atoms with Crippen LogP contribution in [0.15, 0.2) is 12.1 Å². The summed E-state index contributed by atoms with van der Waals surface area (Å²) in [6.45, 7) is 4.37. The Hall–Kier alpha value is -0.510. The fourth-order valence-corrected chi connectivity index (χ4v) is 2.96. The summed E-state index contributed by atoms with van der Waals surface area (Å²) in [7, 11) is 0. The van der Waals surface area contributed by atoms with Crippen LogP contribution in [0.4, 0.5) is 0 Å². The zero-order chi connectivity index (χ0) is 17.1. The van der Waals surface area contributed by atoms with Crippen molar-refractivity contribution in [3.8, 4) is 5.75 Å². The number of unbranched alkanes of at least 4 members (excludes halogenated alkanes) is 6. The molecule has 0 fully saturated rings. The number of aryl methyl sites for hydroxylation is 2. The number of phenols is 1. The fourth-order valence-electron chi connectivity index (χ4n) is 2.96. The summed E-state index contributed by atoms with van der Waals surface area (Å²) < 4.78 is 0. The van der Waals surface area contributed by atoms with E-state index in [1.807, 2.05) is 6.07 Å². The molecule has 24 heavy (non-hydrogen) atoms. The van der Waals surface area contributed by atoms with Crippen LogP contribution in [0.3, 0.4) is 0 Å². The zero-order valence-electron chi connectivity index (χ0n) is 14.7. The van der Waals surface area contributed by atoms with Crippen molar-refractivity contribution in [3.63, 3.8) is 0 Å². The summed E-state index contributed by atoms with van der Waals surface area (Å²) in [6.07, 6.45) is 11.1. The molecule has 0 aliphatic rings. The van der Waals surface area contributed by atoms with E-state index in [4.69, 9.17) is 5.11 Å². The normalized spacial score (nSPS) is 10.4. The van der Waals surface area contributed by atoms with Gasteiger partial charge in [-0.3, -0.25) is 4.79 Å². The topological polar surface area (TPSA) is 57.5 Å². The summed E-state index contributed by atoms with van der Waals surface area (Å²) in [6, 6.07) is 3.96. The van der Waals surface area contributed by atoms with E-state index >= 15 is 0 Å². The number of benzene rings is 1. The van der Waals surface area contributed by atoms with Crippen molar-refractivity contribution < 1.29 is 15.0 Å². The quantitative estimate of drug-likeness (QED) is 0.430. The van der Waals surface area contributed by atoms with Gasteiger partial charge in [0.15, 0.2) is 0 Å². The van der Waals surface area contributed by atoms with Crippen LogP contribution in [0.5, 0.6) is 5.75 Å². The predicted molar refractivity (Wildman–Crippen MR) is 102 cm³/mol. The van der Waals surface area contributed by atoms with Crippen LogP contribution in [0.1, 0.15) is 81.9 Å². The van der Waals surface area contributed by atoms with Gasteiger partial charge in [0.1, 0.15) is 5.75 Å². The Labute approximate surface area is 169 Å². The first-order chi connectivity index (χ1) is 11.1. The number of hydrogen-bond acceptors (Lipinski definition) is 2. The van der Waals surface area contributed by atoms with E-state index in [-0.39, 0.29) is 41.7 Å². The average Bonchev–Trinajstić information content (AvgIpc) is 2.51. The molecule has 0 saturated heterocycles. The van der Waals surface area contributed by atoms with Crippen LogP contribution < -0.4 is 0 Å². The number of aliphatic carboxylic acids is 1. The van der Waals surface area contributed by atoms with Gasteiger partial charge in [-0.2, -0.15) is 0 Å². The van der Waals surface area contributed by atoms with Crippen LogP contribution in [-0.4, -0.2) is 45.7 Å². The molecule has 0 bridgehead atoms. The molecule has 0 spiro atoms. The molecule has 0 amide bonds. The van der Waals surface area contributed by atoms with E-state index < -0.39 is 5.97 Å². The van der Waals surface area contributed by atoms with E-state index in [0.29, 0.717) is 5.56 Å². The Kier molecular flexibility index (Phi) is 13.5. The molecule has 0 aliphatic heterocycles. The summed E-state index contributed by atoms with van der Waals surface area (Å²) >= 11 is 0. The molecule has 0 radical (unpaired) electrons. The number of hydrogen-bond donors (Lipinski definition) is 2. The summed E-state index contributed by atoms with van der Waals surface area (Å²) in [5, 5.41) is 19.4.